The number of aliphatic hydroxyl groups excluding tert-OH is 1. The quantitative estimate of drug-likeness (QED) is 0.839. The summed E-state index contributed by atoms with van der Waals surface area (Å²) in [6.07, 6.45) is 4.77. The van der Waals surface area contributed by atoms with Crippen LogP contribution in [0.2, 0.25) is 0 Å². The first-order chi connectivity index (χ1) is 10.3. The molecule has 21 heavy (non-hydrogen) atoms. The van der Waals surface area contributed by atoms with Crippen LogP contribution in [0.25, 0.3) is 0 Å². The smallest absolute Gasteiger partial charge is 0.122 e. The molecule has 118 valence electrons. The number of aromatic nitrogens is 2. The maximum Gasteiger partial charge on any atom is 0.122 e. The van der Waals surface area contributed by atoms with Gasteiger partial charge in [0.15, 0.2) is 0 Å². The summed E-state index contributed by atoms with van der Waals surface area (Å²) in [6, 6.07) is 0.239. The van der Waals surface area contributed by atoms with E-state index in [0.717, 1.165) is 64.7 Å². The maximum atomic E-state index is 10.4. The van der Waals surface area contributed by atoms with Gasteiger partial charge in [0, 0.05) is 51.2 Å². The number of likely N-dealkylation sites (tertiary alicyclic amines) is 1. The van der Waals surface area contributed by atoms with Gasteiger partial charge in [-0.15, -0.1) is 0 Å². The predicted molar refractivity (Wildman–Crippen MR) is 80.0 cm³/mol. The molecule has 2 aliphatic heterocycles. The molecule has 3 heterocycles. The fourth-order valence-electron chi connectivity index (χ4n) is 3.38. The molecule has 0 saturated carbocycles. The average molecular weight is 294 g/mol. The van der Waals surface area contributed by atoms with Crippen LogP contribution < -0.4 is 0 Å². The van der Waals surface area contributed by atoms with E-state index in [0.29, 0.717) is 0 Å². The minimum absolute atomic E-state index is 0.239. The van der Waals surface area contributed by atoms with Crippen LogP contribution in [0.1, 0.15) is 19.2 Å². The van der Waals surface area contributed by atoms with Gasteiger partial charge in [-0.05, 0) is 6.42 Å². The number of aliphatic hydroxyl groups is 1. The second kappa shape index (κ2) is 6.87. The summed E-state index contributed by atoms with van der Waals surface area (Å²) in [7, 11) is 0. The van der Waals surface area contributed by atoms with Gasteiger partial charge in [0.2, 0.25) is 0 Å². The standard InChI is InChI=1S/C15H26N4O2/c1-2-4-19-5-3-16-15(19)12-17-10-13(14(20)11-17)18-6-8-21-9-7-18/h3,5,13-14,20H,2,4,6-12H2,1H3/t13-,14-/m0/s1. The van der Waals surface area contributed by atoms with Crippen LogP contribution in [0.3, 0.4) is 0 Å². The summed E-state index contributed by atoms with van der Waals surface area (Å²) in [5, 5.41) is 10.4. The second-order valence-electron chi connectivity index (χ2n) is 6.01. The van der Waals surface area contributed by atoms with Crippen molar-refractivity contribution in [2.75, 3.05) is 39.4 Å². The Morgan fingerprint density at radius 1 is 1.33 bits per heavy atom. The molecular weight excluding hydrogens is 268 g/mol. The zero-order valence-corrected chi connectivity index (χ0v) is 12.8. The van der Waals surface area contributed by atoms with E-state index in [2.05, 4.69) is 26.3 Å². The van der Waals surface area contributed by atoms with Gasteiger partial charge in [-0.1, -0.05) is 6.92 Å². The molecule has 0 bridgehead atoms. The van der Waals surface area contributed by atoms with Crippen LogP contribution in [0.15, 0.2) is 12.4 Å². The molecule has 0 aliphatic carbocycles. The monoisotopic (exact) mass is 294 g/mol. The minimum atomic E-state index is -0.266. The molecule has 2 aliphatic rings. The lowest BCUT2D eigenvalue weighted by atomic mass is 10.2. The fourth-order valence-corrected chi connectivity index (χ4v) is 3.38. The first-order valence-corrected chi connectivity index (χ1v) is 8.00. The molecule has 0 aromatic carbocycles. The molecule has 1 aromatic heterocycles. The van der Waals surface area contributed by atoms with Crippen molar-refractivity contribution >= 4 is 0 Å². The Balaban J connectivity index is 1.59. The van der Waals surface area contributed by atoms with Gasteiger partial charge in [0.05, 0.1) is 25.9 Å². The molecule has 2 fully saturated rings. The van der Waals surface area contributed by atoms with Crippen molar-refractivity contribution in [2.24, 2.45) is 0 Å². The third kappa shape index (κ3) is 3.45. The van der Waals surface area contributed by atoms with Crippen LogP contribution in [0, 0.1) is 0 Å². The first kappa shape index (κ1) is 15.0. The molecule has 0 unspecified atom stereocenters. The van der Waals surface area contributed by atoms with Crippen molar-refractivity contribution in [3.8, 4) is 0 Å². The number of aryl methyl sites for hydroxylation is 1. The normalized spacial score (nSPS) is 28.3. The van der Waals surface area contributed by atoms with Crippen LogP contribution in [-0.2, 0) is 17.8 Å². The number of imidazole rings is 1. The highest BCUT2D eigenvalue weighted by Gasteiger charge is 2.36. The van der Waals surface area contributed by atoms with Crippen molar-refractivity contribution in [1.29, 1.82) is 0 Å². The number of β-amino-alcohol motifs (C(OH)–C–C–N with tert-alkyl or cyclic N) is 1. The zero-order valence-electron chi connectivity index (χ0n) is 12.8. The first-order valence-electron chi connectivity index (χ1n) is 8.00. The number of morpholine rings is 1. The number of hydrogen-bond acceptors (Lipinski definition) is 5. The Bertz CT molecular complexity index is 445. The summed E-state index contributed by atoms with van der Waals surface area (Å²) in [4.78, 5) is 9.15. The van der Waals surface area contributed by atoms with Crippen molar-refractivity contribution < 1.29 is 9.84 Å². The van der Waals surface area contributed by atoms with Crippen LogP contribution in [0.4, 0.5) is 0 Å². The van der Waals surface area contributed by atoms with Gasteiger partial charge in [0.1, 0.15) is 5.82 Å². The van der Waals surface area contributed by atoms with Gasteiger partial charge < -0.3 is 14.4 Å². The van der Waals surface area contributed by atoms with Crippen molar-refractivity contribution in [3.05, 3.63) is 18.2 Å². The number of ether oxygens (including phenoxy) is 1. The predicted octanol–water partition coefficient (Wildman–Crippen LogP) is 0.170. The lowest BCUT2D eigenvalue weighted by Gasteiger charge is -2.33. The lowest BCUT2D eigenvalue weighted by Crippen LogP contribution is -2.48. The van der Waals surface area contributed by atoms with E-state index in [1.165, 1.54) is 0 Å². The molecule has 0 spiro atoms. The highest BCUT2D eigenvalue weighted by atomic mass is 16.5. The van der Waals surface area contributed by atoms with Crippen LogP contribution >= 0.6 is 0 Å². The molecule has 0 amide bonds. The lowest BCUT2D eigenvalue weighted by molar-refractivity contribution is -0.00618. The molecule has 2 atom stereocenters. The molecule has 6 heteroatoms. The third-order valence-corrected chi connectivity index (χ3v) is 4.48. The second-order valence-corrected chi connectivity index (χ2v) is 6.01. The van der Waals surface area contributed by atoms with Crippen molar-refractivity contribution in [2.45, 2.75) is 38.6 Å². The van der Waals surface area contributed by atoms with E-state index < -0.39 is 0 Å². The molecule has 1 aromatic rings. The topological polar surface area (TPSA) is 53.8 Å². The molecule has 6 nitrogen and oxygen atoms in total. The van der Waals surface area contributed by atoms with Gasteiger partial charge in [-0.3, -0.25) is 9.80 Å². The number of hydrogen-bond donors (Lipinski definition) is 1. The van der Waals surface area contributed by atoms with E-state index in [1.807, 2.05) is 12.4 Å². The zero-order chi connectivity index (χ0) is 14.7. The summed E-state index contributed by atoms with van der Waals surface area (Å²) in [5.74, 6) is 1.10. The molecular formula is C15H26N4O2. The van der Waals surface area contributed by atoms with Crippen molar-refractivity contribution in [1.82, 2.24) is 19.4 Å². The van der Waals surface area contributed by atoms with E-state index in [9.17, 15) is 5.11 Å². The molecule has 0 radical (unpaired) electrons. The van der Waals surface area contributed by atoms with E-state index in [-0.39, 0.29) is 12.1 Å². The van der Waals surface area contributed by atoms with Gasteiger partial charge in [-0.2, -0.15) is 0 Å². The van der Waals surface area contributed by atoms with E-state index >= 15 is 0 Å². The van der Waals surface area contributed by atoms with Gasteiger partial charge in [-0.25, -0.2) is 4.98 Å². The van der Waals surface area contributed by atoms with E-state index in [4.69, 9.17) is 4.74 Å². The Morgan fingerprint density at radius 3 is 2.90 bits per heavy atom. The number of rotatable bonds is 5. The summed E-state index contributed by atoms with van der Waals surface area (Å²) < 4.78 is 7.62. The largest absolute Gasteiger partial charge is 0.390 e. The Labute approximate surface area is 126 Å². The van der Waals surface area contributed by atoms with Crippen LogP contribution in [0.5, 0.6) is 0 Å². The highest BCUT2D eigenvalue weighted by molar-refractivity contribution is 4.97. The van der Waals surface area contributed by atoms with E-state index in [1.54, 1.807) is 0 Å². The average Bonchev–Trinajstić information content (AvgIpc) is 3.08. The van der Waals surface area contributed by atoms with Crippen LogP contribution in [-0.4, -0.2) is 76.0 Å². The number of nitrogens with zero attached hydrogens (tertiary/aromatic N) is 4. The third-order valence-electron chi connectivity index (χ3n) is 4.48. The van der Waals surface area contributed by atoms with Gasteiger partial charge in [0.25, 0.3) is 0 Å². The Kier molecular flexibility index (Phi) is 4.90. The summed E-state index contributed by atoms with van der Waals surface area (Å²) >= 11 is 0. The summed E-state index contributed by atoms with van der Waals surface area (Å²) in [6.45, 7) is 9.09. The highest BCUT2D eigenvalue weighted by Crippen LogP contribution is 2.19. The fraction of sp³-hybridized carbons (Fsp3) is 0.800. The maximum absolute atomic E-state index is 10.4. The molecule has 1 N–H and O–H groups in total. The Morgan fingerprint density at radius 2 is 2.14 bits per heavy atom. The minimum Gasteiger partial charge on any atom is -0.390 e. The SMILES string of the molecule is CCCn1ccnc1CN1C[C@H](O)[C@@H](N2CCOCC2)C1. The summed E-state index contributed by atoms with van der Waals surface area (Å²) in [5.41, 5.74) is 0. The van der Waals surface area contributed by atoms with Crippen molar-refractivity contribution in [3.63, 3.8) is 0 Å². The van der Waals surface area contributed by atoms with Gasteiger partial charge >= 0.3 is 0 Å². The molecule has 3 rings (SSSR count). The molecule has 2 saturated heterocycles. The Hall–Kier alpha value is -0.950.